The average molecular weight is 334 g/mol. The van der Waals surface area contributed by atoms with Crippen molar-refractivity contribution in [2.24, 2.45) is 10.8 Å². The fourth-order valence-corrected chi connectivity index (χ4v) is 5.72. The predicted octanol–water partition coefficient (Wildman–Crippen LogP) is 4.82. The first-order valence-corrected chi connectivity index (χ1v) is 9.33. The molecule has 2 atom stereocenters. The molecule has 1 N–H and O–H groups in total. The third-order valence-electron chi connectivity index (χ3n) is 6.20. The van der Waals surface area contributed by atoms with Crippen LogP contribution in [0.2, 0.25) is 0 Å². The normalized spacial score (nSPS) is 28.2. The molecule has 1 saturated heterocycles. The number of fused-ring (bicyclic) bond motifs is 5. The molecule has 0 radical (unpaired) electrons. The second-order valence-corrected chi connectivity index (χ2v) is 9.44. The van der Waals surface area contributed by atoms with Crippen LogP contribution < -0.4 is 4.90 Å². The Hall–Kier alpha value is -2.10. The van der Waals surface area contributed by atoms with Crippen molar-refractivity contribution in [1.29, 1.82) is 0 Å². The van der Waals surface area contributed by atoms with Gasteiger partial charge in [0, 0.05) is 23.5 Å². The average Bonchev–Trinajstić information content (AvgIpc) is 3.00. The largest absolute Gasteiger partial charge is 0.351 e. The van der Waals surface area contributed by atoms with Crippen molar-refractivity contribution in [3.63, 3.8) is 0 Å². The summed E-state index contributed by atoms with van der Waals surface area (Å²) >= 11 is 0. The third kappa shape index (κ3) is 2.26. The number of H-pyrrole nitrogens is 1. The lowest BCUT2D eigenvalue weighted by Crippen LogP contribution is -2.35. The summed E-state index contributed by atoms with van der Waals surface area (Å²) in [7, 11) is 0. The standard InChI is InChI=1S/C21H26N4/c1-13-5-6-16-15(7-13)17-18(24-16)19(23-12-22-17)25-11-21(4)9-14(25)8-20(2,3)10-21/h5-7,12,14,24H,8-11H2,1-4H3/t14-,21-/m0/s1. The number of rotatable bonds is 1. The van der Waals surface area contributed by atoms with Gasteiger partial charge in [0.25, 0.3) is 0 Å². The van der Waals surface area contributed by atoms with E-state index in [1.54, 1.807) is 6.33 Å². The first-order valence-electron chi connectivity index (χ1n) is 9.33. The summed E-state index contributed by atoms with van der Waals surface area (Å²) in [6.07, 6.45) is 5.56. The minimum Gasteiger partial charge on any atom is -0.351 e. The van der Waals surface area contributed by atoms with Gasteiger partial charge in [-0.3, -0.25) is 0 Å². The topological polar surface area (TPSA) is 44.8 Å². The van der Waals surface area contributed by atoms with Gasteiger partial charge in [-0.25, -0.2) is 9.97 Å². The summed E-state index contributed by atoms with van der Waals surface area (Å²) < 4.78 is 0. The predicted molar refractivity (Wildman–Crippen MR) is 103 cm³/mol. The van der Waals surface area contributed by atoms with E-state index in [0.717, 1.165) is 28.9 Å². The van der Waals surface area contributed by atoms with Gasteiger partial charge >= 0.3 is 0 Å². The number of nitrogens with zero attached hydrogens (tertiary/aromatic N) is 3. The monoisotopic (exact) mass is 334 g/mol. The van der Waals surface area contributed by atoms with Crippen molar-refractivity contribution >= 4 is 27.8 Å². The second kappa shape index (κ2) is 4.75. The highest BCUT2D eigenvalue weighted by atomic mass is 15.3. The first-order chi connectivity index (χ1) is 11.8. The molecular formula is C21H26N4. The molecule has 4 nitrogen and oxygen atoms in total. The number of benzene rings is 1. The molecular weight excluding hydrogens is 308 g/mol. The molecule has 1 aromatic carbocycles. The number of anilines is 1. The van der Waals surface area contributed by atoms with Gasteiger partial charge in [0.2, 0.25) is 0 Å². The zero-order valence-corrected chi connectivity index (χ0v) is 15.6. The summed E-state index contributed by atoms with van der Waals surface area (Å²) in [6, 6.07) is 7.11. The molecule has 2 aliphatic rings. The zero-order valence-electron chi connectivity index (χ0n) is 15.6. The van der Waals surface area contributed by atoms with Crippen LogP contribution in [0.5, 0.6) is 0 Å². The maximum atomic E-state index is 4.73. The lowest BCUT2D eigenvalue weighted by atomic mass is 9.65. The number of nitrogens with one attached hydrogen (secondary N) is 1. The van der Waals surface area contributed by atoms with E-state index >= 15 is 0 Å². The van der Waals surface area contributed by atoms with Gasteiger partial charge in [-0.1, -0.05) is 32.4 Å². The molecule has 3 aromatic rings. The molecule has 130 valence electrons. The van der Waals surface area contributed by atoms with E-state index in [4.69, 9.17) is 4.98 Å². The lowest BCUT2D eigenvalue weighted by Gasteiger charge is -2.39. The van der Waals surface area contributed by atoms with Gasteiger partial charge in [-0.15, -0.1) is 0 Å². The fraction of sp³-hybridized carbons (Fsp3) is 0.524. The van der Waals surface area contributed by atoms with Crippen LogP contribution >= 0.6 is 0 Å². The smallest absolute Gasteiger partial charge is 0.156 e. The Morgan fingerprint density at radius 3 is 2.84 bits per heavy atom. The molecule has 5 rings (SSSR count). The molecule has 2 fully saturated rings. The van der Waals surface area contributed by atoms with E-state index < -0.39 is 0 Å². The van der Waals surface area contributed by atoms with E-state index in [1.807, 2.05) is 0 Å². The van der Waals surface area contributed by atoms with Crippen molar-refractivity contribution in [3.05, 3.63) is 30.1 Å². The molecule has 0 spiro atoms. The molecule has 25 heavy (non-hydrogen) atoms. The summed E-state index contributed by atoms with van der Waals surface area (Å²) in [5, 5.41) is 1.20. The second-order valence-electron chi connectivity index (χ2n) is 9.44. The molecule has 3 heterocycles. The molecule has 4 heteroatoms. The number of aryl methyl sites for hydroxylation is 1. The Kier molecular flexibility index (Phi) is 2.88. The molecule has 1 saturated carbocycles. The number of aromatic amines is 1. The van der Waals surface area contributed by atoms with Gasteiger partial charge in [0.15, 0.2) is 5.82 Å². The van der Waals surface area contributed by atoms with Crippen LogP contribution in [0.4, 0.5) is 5.82 Å². The van der Waals surface area contributed by atoms with Crippen LogP contribution in [-0.2, 0) is 0 Å². The van der Waals surface area contributed by atoms with Gasteiger partial charge in [0.05, 0.1) is 0 Å². The van der Waals surface area contributed by atoms with E-state index in [2.05, 4.69) is 60.8 Å². The third-order valence-corrected chi connectivity index (χ3v) is 6.20. The molecule has 0 amide bonds. The SMILES string of the molecule is Cc1ccc2[nH]c3c(N4C[C@@]5(C)C[C@@H]4CC(C)(C)C5)ncnc3c2c1. The van der Waals surface area contributed by atoms with E-state index in [-0.39, 0.29) is 0 Å². The van der Waals surface area contributed by atoms with Crippen LogP contribution in [0.15, 0.2) is 24.5 Å². The van der Waals surface area contributed by atoms with Crippen molar-refractivity contribution in [1.82, 2.24) is 15.0 Å². The van der Waals surface area contributed by atoms with Crippen molar-refractivity contribution in [3.8, 4) is 0 Å². The highest BCUT2D eigenvalue weighted by Crippen LogP contribution is 2.53. The highest BCUT2D eigenvalue weighted by molar-refractivity contribution is 6.08. The number of hydrogen-bond donors (Lipinski definition) is 1. The minimum absolute atomic E-state index is 0.395. The Bertz CT molecular complexity index is 986. The van der Waals surface area contributed by atoms with Gasteiger partial charge < -0.3 is 9.88 Å². The molecule has 1 aliphatic carbocycles. The first kappa shape index (κ1) is 15.2. The summed E-state index contributed by atoms with van der Waals surface area (Å²) in [6.45, 7) is 10.5. The van der Waals surface area contributed by atoms with Crippen LogP contribution in [0.3, 0.4) is 0 Å². The lowest BCUT2D eigenvalue weighted by molar-refractivity contribution is 0.136. The highest BCUT2D eigenvalue weighted by Gasteiger charge is 2.50. The zero-order chi connectivity index (χ0) is 17.4. The number of aromatic nitrogens is 3. The maximum Gasteiger partial charge on any atom is 0.156 e. The Balaban J connectivity index is 1.68. The van der Waals surface area contributed by atoms with Crippen LogP contribution in [0, 0.1) is 17.8 Å². The molecule has 1 aliphatic heterocycles. The Morgan fingerprint density at radius 1 is 1.16 bits per heavy atom. The Morgan fingerprint density at radius 2 is 2.00 bits per heavy atom. The minimum atomic E-state index is 0.395. The van der Waals surface area contributed by atoms with E-state index in [1.165, 1.54) is 30.2 Å². The van der Waals surface area contributed by atoms with E-state index in [0.29, 0.717) is 16.9 Å². The van der Waals surface area contributed by atoms with Crippen molar-refractivity contribution in [2.45, 2.75) is 53.0 Å². The molecule has 0 unspecified atom stereocenters. The van der Waals surface area contributed by atoms with Crippen LogP contribution in [-0.4, -0.2) is 27.5 Å². The van der Waals surface area contributed by atoms with Gasteiger partial charge in [0.1, 0.15) is 17.4 Å². The number of hydrogen-bond acceptors (Lipinski definition) is 3. The maximum absolute atomic E-state index is 4.73. The summed E-state index contributed by atoms with van der Waals surface area (Å²) in [4.78, 5) is 15.5. The quantitative estimate of drug-likeness (QED) is 0.693. The Labute approximate surface area is 148 Å². The molecule has 2 aromatic heterocycles. The van der Waals surface area contributed by atoms with Gasteiger partial charge in [-0.2, -0.15) is 0 Å². The molecule has 2 bridgehead atoms. The van der Waals surface area contributed by atoms with Crippen LogP contribution in [0.1, 0.15) is 45.6 Å². The van der Waals surface area contributed by atoms with Crippen molar-refractivity contribution < 1.29 is 0 Å². The summed E-state index contributed by atoms with van der Waals surface area (Å²) in [5.41, 5.74) is 5.37. The summed E-state index contributed by atoms with van der Waals surface area (Å²) in [5.74, 6) is 1.09. The van der Waals surface area contributed by atoms with Crippen LogP contribution in [0.25, 0.3) is 21.9 Å². The fourth-order valence-electron chi connectivity index (χ4n) is 5.72. The van der Waals surface area contributed by atoms with E-state index in [9.17, 15) is 0 Å². The van der Waals surface area contributed by atoms with Crippen molar-refractivity contribution in [2.75, 3.05) is 11.4 Å². The van der Waals surface area contributed by atoms with Gasteiger partial charge in [-0.05, 0) is 49.1 Å².